The van der Waals surface area contributed by atoms with Gasteiger partial charge in [-0.3, -0.25) is 4.79 Å². The molecule has 1 atom stereocenters. The molecule has 1 aliphatic rings. The van der Waals surface area contributed by atoms with Crippen molar-refractivity contribution >= 4 is 5.91 Å². The summed E-state index contributed by atoms with van der Waals surface area (Å²) in [5.41, 5.74) is -0.0673. The highest BCUT2D eigenvalue weighted by Crippen LogP contribution is 2.30. The highest BCUT2D eigenvalue weighted by atomic mass is 16.1. The number of piperidine rings is 1. The van der Waals surface area contributed by atoms with Gasteiger partial charge in [-0.15, -0.1) is 6.58 Å². The van der Waals surface area contributed by atoms with Gasteiger partial charge in [-0.25, -0.2) is 0 Å². The third-order valence-corrected chi connectivity index (χ3v) is 3.57. The van der Waals surface area contributed by atoms with Crippen molar-refractivity contribution in [3.05, 3.63) is 12.7 Å². The number of rotatable bonds is 5. The van der Waals surface area contributed by atoms with Crippen molar-refractivity contribution < 1.29 is 4.79 Å². The minimum atomic E-state index is -0.0673. The fraction of sp³-hybridized carbons (Fsp3) is 0.769. The number of allylic oxidation sites excluding steroid dienone is 1. The minimum absolute atomic E-state index is 0.0673. The Morgan fingerprint density at radius 1 is 1.56 bits per heavy atom. The van der Waals surface area contributed by atoms with Gasteiger partial charge >= 0.3 is 0 Å². The van der Waals surface area contributed by atoms with Crippen LogP contribution in [0.3, 0.4) is 0 Å². The summed E-state index contributed by atoms with van der Waals surface area (Å²) in [4.78, 5) is 11.3. The Morgan fingerprint density at radius 2 is 2.19 bits per heavy atom. The summed E-state index contributed by atoms with van der Waals surface area (Å²) in [6, 6.07) is 0. The number of carbonyl (C=O) groups excluding carboxylic acids is 1. The zero-order valence-corrected chi connectivity index (χ0v) is 10.5. The number of hydrogen-bond acceptors (Lipinski definition) is 2. The van der Waals surface area contributed by atoms with Gasteiger partial charge in [0.25, 0.3) is 0 Å². The van der Waals surface area contributed by atoms with E-state index in [0.717, 1.165) is 38.8 Å². The first kappa shape index (κ1) is 13.2. The van der Waals surface area contributed by atoms with Crippen LogP contribution in [0.1, 0.15) is 39.5 Å². The van der Waals surface area contributed by atoms with Crippen molar-refractivity contribution in [2.24, 2.45) is 5.92 Å². The number of carbonyl (C=O) groups is 1. The molecule has 1 amide bonds. The van der Waals surface area contributed by atoms with E-state index >= 15 is 0 Å². The number of hydrogen-bond donors (Lipinski definition) is 2. The molecule has 0 aliphatic carbocycles. The van der Waals surface area contributed by atoms with E-state index in [4.69, 9.17) is 0 Å². The highest BCUT2D eigenvalue weighted by molar-refractivity contribution is 5.73. The van der Waals surface area contributed by atoms with Crippen molar-refractivity contribution in [2.75, 3.05) is 13.1 Å². The molecule has 1 aliphatic heterocycles. The molecule has 2 N–H and O–H groups in total. The maximum absolute atomic E-state index is 11.3. The van der Waals surface area contributed by atoms with Crippen LogP contribution in [-0.4, -0.2) is 24.5 Å². The lowest BCUT2D eigenvalue weighted by Gasteiger charge is -2.40. The normalized spacial score (nSPS) is 21.1. The third-order valence-electron chi connectivity index (χ3n) is 3.57. The standard InChI is InChI=1S/C13H24N2O/c1-4-5-8-13(3,15-11(2)16)12-6-9-14-10-7-12/h4,12,14H,1,5-10H2,2-3H3,(H,15,16). The smallest absolute Gasteiger partial charge is 0.217 e. The first-order chi connectivity index (χ1) is 7.58. The van der Waals surface area contributed by atoms with Crippen LogP contribution in [0.5, 0.6) is 0 Å². The van der Waals surface area contributed by atoms with E-state index in [1.54, 1.807) is 6.92 Å². The van der Waals surface area contributed by atoms with Crippen molar-refractivity contribution in [2.45, 2.75) is 45.1 Å². The molecule has 1 heterocycles. The molecule has 16 heavy (non-hydrogen) atoms. The summed E-state index contributed by atoms with van der Waals surface area (Å²) in [7, 11) is 0. The lowest BCUT2D eigenvalue weighted by molar-refractivity contribution is -0.121. The molecule has 0 radical (unpaired) electrons. The fourth-order valence-electron chi connectivity index (χ4n) is 2.63. The van der Waals surface area contributed by atoms with Crippen LogP contribution in [0.15, 0.2) is 12.7 Å². The van der Waals surface area contributed by atoms with Crippen molar-refractivity contribution in [1.29, 1.82) is 0 Å². The largest absolute Gasteiger partial charge is 0.351 e. The van der Waals surface area contributed by atoms with Crippen LogP contribution in [-0.2, 0) is 4.79 Å². The molecule has 1 saturated heterocycles. The Hall–Kier alpha value is -0.830. The van der Waals surface area contributed by atoms with E-state index < -0.39 is 0 Å². The topological polar surface area (TPSA) is 41.1 Å². The fourth-order valence-corrected chi connectivity index (χ4v) is 2.63. The second-order valence-electron chi connectivity index (χ2n) is 4.95. The minimum Gasteiger partial charge on any atom is -0.351 e. The van der Waals surface area contributed by atoms with Gasteiger partial charge in [0, 0.05) is 12.5 Å². The van der Waals surface area contributed by atoms with Gasteiger partial charge in [0.15, 0.2) is 0 Å². The molecule has 92 valence electrons. The van der Waals surface area contributed by atoms with Gasteiger partial charge in [0.1, 0.15) is 0 Å². The average molecular weight is 224 g/mol. The molecule has 1 unspecified atom stereocenters. The summed E-state index contributed by atoms with van der Waals surface area (Å²) in [5.74, 6) is 0.655. The van der Waals surface area contributed by atoms with Crippen LogP contribution in [0, 0.1) is 5.92 Å². The van der Waals surface area contributed by atoms with Gasteiger partial charge in [0.05, 0.1) is 0 Å². The van der Waals surface area contributed by atoms with Crippen LogP contribution in [0.2, 0.25) is 0 Å². The van der Waals surface area contributed by atoms with E-state index in [2.05, 4.69) is 24.1 Å². The van der Waals surface area contributed by atoms with Gasteiger partial charge in [-0.1, -0.05) is 6.08 Å². The molecule has 0 saturated carbocycles. The van der Waals surface area contributed by atoms with E-state index in [1.807, 2.05) is 6.08 Å². The molecule has 0 aromatic rings. The molecular weight excluding hydrogens is 200 g/mol. The van der Waals surface area contributed by atoms with Crippen molar-refractivity contribution in [3.63, 3.8) is 0 Å². The molecule has 3 heteroatoms. The predicted octanol–water partition coefficient (Wildman–Crippen LogP) is 1.85. The molecular formula is C13H24N2O. The Bertz CT molecular complexity index is 246. The average Bonchev–Trinajstić information content (AvgIpc) is 2.27. The van der Waals surface area contributed by atoms with Crippen LogP contribution >= 0.6 is 0 Å². The Kier molecular flexibility index (Phi) is 5.00. The molecule has 0 aromatic carbocycles. The summed E-state index contributed by atoms with van der Waals surface area (Å²) in [6.07, 6.45) is 6.17. The van der Waals surface area contributed by atoms with E-state index in [9.17, 15) is 4.79 Å². The molecule has 1 rings (SSSR count). The van der Waals surface area contributed by atoms with E-state index in [-0.39, 0.29) is 11.4 Å². The quantitative estimate of drug-likeness (QED) is 0.700. The second kappa shape index (κ2) is 6.04. The van der Waals surface area contributed by atoms with Gasteiger partial charge < -0.3 is 10.6 Å². The Labute approximate surface area is 98.7 Å². The lowest BCUT2D eigenvalue weighted by atomic mass is 9.76. The van der Waals surface area contributed by atoms with E-state index in [1.165, 1.54) is 0 Å². The molecule has 0 bridgehead atoms. The summed E-state index contributed by atoms with van der Waals surface area (Å²) < 4.78 is 0. The first-order valence-corrected chi connectivity index (χ1v) is 6.19. The zero-order chi connectivity index (χ0) is 12.0. The molecule has 3 nitrogen and oxygen atoms in total. The maximum Gasteiger partial charge on any atom is 0.217 e. The van der Waals surface area contributed by atoms with Crippen LogP contribution in [0.25, 0.3) is 0 Å². The van der Waals surface area contributed by atoms with Gasteiger partial charge in [-0.05, 0) is 51.6 Å². The first-order valence-electron chi connectivity index (χ1n) is 6.19. The Balaban J connectivity index is 2.66. The third kappa shape index (κ3) is 3.63. The lowest BCUT2D eigenvalue weighted by Crippen LogP contribution is -2.53. The molecule has 0 aromatic heterocycles. The monoisotopic (exact) mass is 224 g/mol. The molecule has 0 spiro atoms. The number of amides is 1. The number of nitrogens with one attached hydrogen (secondary N) is 2. The summed E-state index contributed by atoms with van der Waals surface area (Å²) in [5, 5.41) is 6.51. The summed E-state index contributed by atoms with van der Waals surface area (Å²) in [6.45, 7) is 9.67. The molecule has 1 fully saturated rings. The van der Waals surface area contributed by atoms with Crippen LogP contribution < -0.4 is 10.6 Å². The van der Waals surface area contributed by atoms with Crippen molar-refractivity contribution in [3.8, 4) is 0 Å². The SMILES string of the molecule is C=CCCC(C)(NC(C)=O)C1CCNCC1. The van der Waals surface area contributed by atoms with Crippen LogP contribution in [0.4, 0.5) is 0 Å². The van der Waals surface area contributed by atoms with E-state index in [0.29, 0.717) is 5.92 Å². The summed E-state index contributed by atoms with van der Waals surface area (Å²) >= 11 is 0. The van der Waals surface area contributed by atoms with Gasteiger partial charge in [-0.2, -0.15) is 0 Å². The van der Waals surface area contributed by atoms with Gasteiger partial charge in [0.2, 0.25) is 5.91 Å². The zero-order valence-electron chi connectivity index (χ0n) is 10.5. The predicted molar refractivity (Wildman–Crippen MR) is 67.2 cm³/mol. The van der Waals surface area contributed by atoms with Crippen molar-refractivity contribution in [1.82, 2.24) is 10.6 Å². The maximum atomic E-state index is 11.3. The highest BCUT2D eigenvalue weighted by Gasteiger charge is 2.34. The second-order valence-corrected chi connectivity index (χ2v) is 4.95. The Morgan fingerprint density at radius 3 is 2.69 bits per heavy atom.